The van der Waals surface area contributed by atoms with Gasteiger partial charge in [-0.05, 0) is 55.6 Å². The number of H-pyrrole nitrogens is 1. The van der Waals surface area contributed by atoms with Crippen LogP contribution in [0.25, 0.3) is 10.9 Å². The second-order valence-electron chi connectivity index (χ2n) is 10.9. The van der Waals surface area contributed by atoms with Crippen LogP contribution in [-0.2, 0) is 6.42 Å². The monoisotopic (exact) mass is 535 g/mol. The minimum atomic E-state index is -3.47. The number of hydrogen-bond donors (Lipinski definition) is 2. The number of alkyl halides is 3. The Bertz CT molecular complexity index is 1270. The number of nitrogens with one attached hydrogen (secondary N) is 1. The summed E-state index contributed by atoms with van der Waals surface area (Å²) in [6.07, 6.45) is 0.927. The Morgan fingerprint density at radius 1 is 1.13 bits per heavy atom. The van der Waals surface area contributed by atoms with Crippen LogP contribution < -0.4 is 0 Å². The Balaban J connectivity index is 1.53. The van der Waals surface area contributed by atoms with E-state index >= 15 is 13.2 Å². The molecule has 0 radical (unpaired) electrons. The fourth-order valence-corrected chi connectivity index (χ4v) is 6.04. The van der Waals surface area contributed by atoms with Gasteiger partial charge < -0.3 is 15.0 Å². The van der Waals surface area contributed by atoms with Crippen LogP contribution in [0.4, 0.5) is 22.0 Å². The minimum absolute atomic E-state index is 0.0724. The molecule has 1 aromatic heterocycles. The van der Waals surface area contributed by atoms with Crippen LogP contribution in [0.5, 0.6) is 0 Å². The smallest absolute Gasteiger partial charge is 0.283 e. The van der Waals surface area contributed by atoms with Crippen LogP contribution >= 0.6 is 0 Å². The Labute approximate surface area is 219 Å². The maximum Gasteiger partial charge on any atom is 0.283 e. The maximum absolute atomic E-state index is 15.8. The Morgan fingerprint density at radius 2 is 1.82 bits per heavy atom. The van der Waals surface area contributed by atoms with Gasteiger partial charge in [0.25, 0.3) is 5.92 Å². The molecular formula is C29H34F5N3O. The molecule has 0 saturated carbocycles. The highest BCUT2D eigenvalue weighted by molar-refractivity contribution is 5.85. The van der Waals surface area contributed by atoms with Crippen molar-refractivity contribution in [1.29, 1.82) is 0 Å². The number of unbranched alkanes of at least 4 members (excludes halogenated alkanes) is 1. The third-order valence-electron chi connectivity index (χ3n) is 8.08. The molecule has 0 bridgehead atoms. The average Bonchev–Trinajstić information content (AvgIpc) is 3.22. The van der Waals surface area contributed by atoms with E-state index in [1.165, 1.54) is 4.90 Å². The Hall–Kier alpha value is -2.49. The Morgan fingerprint density at radius 3 is 2.47 bits per heavy atom. The number of fused-ring (bicyclic) bond motifs is 3. The van der Waals surface area contributed by atoms with Gasteiger partial charge in [0.2, 0.25) is 0 Å². The molecule has 2 aliphatic heterocycles. The molecule has 2 N–H and O–H groups in total. The van der Waals surface area contributed by atoms with E-state index in [4.69, 9.17) is 0 Å². The lowest BCUT2D eigenvalue weighted by molar-refractivity contribution is -0.0869. The average molecular weight is 536 g/mol. The highest BCUT2D eigenvalue weighted by Gasteiger charge is 2.44. The minimum Gasteiger partial charge on any atom is -0.390 e. The molecule has 3 heterocycles. The van der Waals surface area contributed by atoms with E-state index < -0.39 is 54.5 Å². The zero-order valence-electron chi connectivity index (χ0n) is 21.7. The Kier molecular flexibility index (Phi) is 7.55. The van der Waals surface area contributed by atoms with Crippen molar-refractivity contribution in [2.45, 2.75) is 57.3 Å². The van der Waals surface area contributed by atoms with Gasteiger partial charge in [-0.25, -0.2) is 22.0 Å². The van der Waals surface area contributed by atoms with Crippen LogP contribution in [-0.4, -0.2) is 64.6 Å². The number of para-hydroxylation sites is 1. The molecule has 9 heteroatoms. The molecule has 0 aliphatic carbocycles. The molecule has 2 aromatic carbocycles. The summed E-state index contributed by atoms with van der Waals surface area (Å²) in [6.45, 7) is 3.50. The molecular weight excluding hydrogens is 501 g/mol. The van der Waals surface area contributed by atoms with Gasteiger partial charge in [-0.1, -0.05) is 31.5 Å². The molecule has 38 heavy (non-hydrogen) atoms. The van der Waals surface area contributed by atoms with Crippen molar-refractivity contribution in [3.8, 4) is 0 Å². The second kappa shape index (κ2) is 10.6. The van der Waals surface area contributed by atoms with E-state index in [-0.39, 0.29) is 11.5 Å². The summed E-state index contributed by atoms with van der Waals surface area (Å²) < 4.78 is 75.7. The highest BCUT2D eigenvalue weighted by atomic mass is 19.3. The largest absolute Gasteiger partial charge is 0.390 e. The van der Waals surface area contributed by atoms with Gasteiger partial charge in [-0.3, -0.25) is 4.90 Å². The number of likely N-dealkylation sites (tertiary alicyclic amines) is 1. The first-order valence-electron chi connectivity index (χ1n) is 13.3. The molecule has 2 aliphatic rings. The molecule has 0 spiro atoms. The van der Waals surface area contributed by atoms with Gasteiger partial charge in [0.05, 0.1) is 12.6 Å². The maximum atomic E-state index is 15.8. The molecule has 5 rings (SSSR count). The third kappa shape index (κ3) is 4.96. The number of aliphatic hydroxyl groups is 1. The lowest BCUT2D eigenvalue weighted by atomic mass is 9.85. The van der Waals surface area contributed by atoms with E-state index in [1.54, 1.807) is 6.92 Å². The number of nitrogens with zero attached hydrogens (tertiary/aromatic N) is 2. The molecule has 1 saturated heterocycles. The van der Waals surface area contributed by atoms with Crippen molar-refractivity contribution in [3.63, 3.8) is 0 Å². The lowest BCUT2D eigenvalue weighted by Gasteiger charge is -2.42. The summed E-state index contributed by atoms with van der Waals surface area (Å²) in [4.78, 5) is 6.67. The van der Waals surface area contributed by atoms with E-state index in [0.29, 0.717) is 25.2 Å². The van der Waals surface area contributed by atoms with Crippen LogP contribution in [0.1, 0.15) is 61.3 Å². The van der Waals surface area contributed by atoms with Crippen LogP contribution in [0.2, 0.25) is 0 Å². The highest BCUT2D eigenvalue weighted by Crippen LogP contribution is 2.44. The molecule has 1 fully saturated rings. The van der Waals surface area contributed by atoms with Gasteiger partial charge in [0.15, 0.2) is 0 Å². The van der Waals surface area contributed by atoms with Crippen molar-refractivity contribution in [2.24, 2.45) is 5.92 Å². The summed E-state index contributed by atoms with van der Waals surface area (Å²) >= 11 is 0. The predicted octanol–water partition coefficient (Wildman–Crippen LogP) is 6.15. The molecule has 206 valence electrons. The number of rotatable bonds is 9. The summed E-state index contributed by atoms with van der Waals surface area (Å²) in [5.41, 5.74) is 1.52. The third-order valence-corrected chi connectivity index (χ3v) is 8.08. The number of aromatic amines is 1. The quantitative estimate of drug-likeness (QED) is 0.323. The predicted molar refractivity (Wildman–Crippen MR) is 137 cm³/mol. The van der Waals surface area contributed by atoms with Gasteiger partial charge in [0, 0.05) is 47.2 Å². The first kappa shape index (κ1) is 27.1. The first-order valence-corrected chi connectivity index (χ1v) is 13.3. The molecule has 0 amide bonds. The number of hydrogen-bond acceptors (Lipinski definition) is 3. The van der Waals surface area contributed by atoms with Crippen molar-refractivity contribution < 1.29 is 27.1 Å². The van der Waals surface area contributed by atoms with Crippen LogP contribution in [0.3, 0.4) is 0 Å². The number of aromatic nitrogens is 1. The standard InChI is InChI=1S/C29H34F5N3O/c1-3-4-9-36-13-19(14-36)26(32)18-11-22(30)25(23(31)12-18)28-27-21(20-7-5-6-8-24(20)35-27)10-17(2)37(28)15-29(33,34)16-38/h5-8,11-12,17,19,26,28,35,38H,3-4,9-10,13-16H2,1-2H3/t17-,26-,28-/m1/s1. The number of halogens is 5. The molecule has 3 atom stereocenters. The van der Waals surface area contributed by atoms with Gasteiger partial charge >= 0.3 is 0 Å². The van der Waals surface area contributed by atoms with E-state index in [2.05, 4.69) is 16.8 Å². The van der Waals surface area contributed by atoms with E-state index in [1.807, 2.05) is 24.3 Å². The van der Waals surface area contributed by atoms with E-state index in [9.17, 15) is 13.9 Å². The van der Waals surface area contributed by atoms with Crippen LogP contribution in [0, 0.1) is 17.6 Å². The fourth-order valence-electron chi connectivity index (χ4n) is 6.04. The van der Waals surface area contributed by atoms with Crippen molar-refractivity contribution >= 4 is 10.9 Å². The zero-order chi connectivity index (χ0) is 27.2. The fraction of sp³-hybridized carbons (Fsp3) is 0.517. The lowest BCUT2D eigenvalue weighted by Crippen LogP contribution is -2.49. The topological polar surface area (TPSA) is 42.5 Å². The summed E-state index contributed by atoms with van der Waals surface area (Å²) in [5.74, 6) is -5.75. The molecule has 3 aromatic rings. The first-order chi connectivity index (χ1) is 18.1. The SMILES string of the molecule is CCCCN1CC([C@H](F)c2cc(F)c([C@@H]3c4[nH]c5ccccc5c4C[C@@H](C)N3CC(F)(F)CO)c(F)c2)C1. The van der Waals surface area contributed by atoms with Gasteiger partial charge in [-0.2, -0.15) is 0 Å². The molecule has 0 unspecified atom stereocenters. The normalized spacial score (nSPS) is 22.0. The van der Waals surface area contributed by atoms with Crippen molar-refractivity contribution in [2.75, 3.05) is 32.8 Å². The summed E-state index contributed by atoms with van der Waals surface area (Å²) in [6, 6.07) is 7.72. The number of benzene rings is 2. The van der Waals surface area contributed by atoms with Crippen molar-refractivity contribution in [3.05, 3.63) is 70.4 Å². The molecule has 4 nitrogen and oxygen atoms in total. The zero-order valence-corrected chi connectivity index (χ0v) is 21.7. The number of aliphatic hydroxyl groups excluding tert-OH is 1. The second-order valence-corrected chi connectivity index (χ2v) is 10.9. The van der Waals surface area contributed by atoms with Crippen LogP contribution in [0.15, 0.2) is 36.4 Å². The van der Waals surface area contributed by atoms with Crippen molar-refractivity contribution in [1.82, 2.24) is 14.8 Å². The summed E-state index contributed by atoms with van der Waals surface area (Å²) in [5, 5.41) is 10.1. The van der Waals surface area contributed by atoms with E-state index in [0.717, 1.165) is 48.0 Å². The van der Waals surface area contributed by atoms with Gasteiger partial charge in [0.1, 0.15) is 24.4 Å². The van der Waals surface area contributed by atoms with Gasteiger partial charge in [-0.15, -0.1) is 0 Å². The summed E-state index contributed by atoms with van der Waals surface area (Å²) in [7, 11) is 0.